The average molecular weight is 415 g/mol. The Balaban J connectivity index is 1.44. The van der Waals surface area contributed by atoms with Gasteiger partial charge in [-0.05, 0) is 41.5 Å². The first-order valence-electron chi connectivity index (χ1n) is 9.32. The zero-order valence-corrected chi connectivity index (χ0v) is 15.8. The predicted octanol–water partition coefficient (Wildman–Crippen LogP) is 2.32. The van der Waals surface area contributed by atoms with Crippen LogP contribution in [0.1, 0.15) is 5.56 Å². The third kappa shape index (κ3) is 4.69. The lowest BCUT2D eigenvalue weighted by Gasteiger charge is -2.36. The van der Waals surface area contributed by atoms with Crippen molar-refractivity contribution in [1.82, 2.24) is 30.8 Å². The topological polar surface area (TPSA) is 108 Å². The fraction of sp³-hybridized carbons (Fsp3) is 0.263. The van der Waals surface area contributed by atoms with Crippen LogP contribution in [-0.4, -0.2) is 57.2 Å². The van der Waals surface area contributed by atoms with Gasteiger partial charge in [0.05, 0.1) is 0 Å². The summed E-state index contributed by atoms with van der Waals surface area (Å²) in [5, 5.41) is 19.1. The lowest BCUT2D eigenvalue weighted by atomic mass is 10.0. The quantitative estimate of drug-likeness (QED) is 0.590. The zero-order valence-electron chi connectivity index (χ0n) is 15.8. The molecule has 30 heavy (non-hydrogen) atoms. The highest BCUT2D eigenvalue weighted by Crippen LogP contribution is 2.25. The lowest BCUT2D eigenvalue weighted by Crippen LogP contribution is -2.55. The van der Waals surface area contributed by atoms with Crippen LogP contribution in [0.4, 0.5) is 19.5 Å². The van der Waals surface area contributed by atoms with Crippen molar-refractivity contribution < 1.29 is 18.3 Å². The second-order valence-corrected chi connectivity index (χ2v) is 6.75. The number of aromatic nitrogens is 4. The van der Waals surface area contributed by atoms with Gasteiger partial charge in [0.15, 0.2) is 11.6 Å². The molecule has 0 saturated carbocycles. The molecule has 1 aliphatic rings. The van der Waals surface area contributed by atoms with Crippen LogP contribution in [0.2, 0.25) is 0 Å². The first kappa shape index (κ1) is 19.7. The van der Waals surface area contributed by atoms with Crippen molar-refractivity contribution in [3.8, 4) is 11.5 Å². The zero-order chi connectivity index (χ0) is 20.9. The van der Waals surface area contributed by atoms with E-state index in [0.29, 0.717) is 31.8 Å². The maximum atomic E-state index is 13.4. The Kier molecular flexibility index (Phi) is 5.80. The van der Waals surface area contributed by atoms with Crippen LogP contribution < -0.4 is 15.4 Å². The number of amides is 2. The predicted molar refractivity (Wildman–Crippen MR) is 103 cm³/mol. The number of anilines is 1. The Bertz CT molecular complexity index is 1020. The van der Waals surface area contributed by atoms with Gasteiger partial charge in [-0.2, -0.15) is 5.21 Å². The lowest BCUT2D eigenvalue weighted by molar-refractivity contribution is 0.170. The molecule has 1 saturated heterocycles. The average Bonchev–Trinajstić information content (AvgIpc) is 3.24. The number of halogens is 2. The monoisotopic (exact) mass is 415 g/mol. The smallest absolute Gasteiger partial charge is 0.324 e. The van der Waals surface area contributed by atoms with Crippen molar-refractivity contribution in [1.29, 1.82) is 0 Å². The molecule has 0 aliphatic carbocycles. The van der Waals surface area contributed by atoms with E-state index in [1.54, 1.807) is 11.0 Å². The number of nitrogens with one attached hydrogen (secondary N) is 3. The van der Waals surface area contributed by atoms with Crippen molar-refractivity contribution in [3.05, 3.63) is 59.7 Å². The summed E-state index contributed by atoms with van der Waals surface area (Å²) in [6, 6.07) is 10.2. The molecule has 156 valence electrons. The van der Waals surface area contributed by atoms with Gasteiger partial charge in [0, 0.05) is 31.7 Å². The fourth-order valence-electron chi connectivity index (χ4n) is 3.28. The van der Waals surface area contributed by atoms with E-state index < -0.39 is 11.6 Å². The van der Waals surface area contributed by atoms with Gasteiger partial charge in [-0.15, -0.1) is 5.10 Å². The van der Waals surface area contributed by atoms with Gasteiger partial charge in [-0.3, -0.25) is 5.32 Å². The maximum Gasteiger partial charge on any atom is 0.324 e. The van der Waals surface area contributed by atoms with E-state index in [9.17, 15) is 13.6 Å². The van der Waals surface area contributed by atoms with E-state index in [0.717, 1.165) is 17.7 Å². The van der Waals surface area contributed by atoms with E-state index in [2.05, 4.69) is 31.3 Å². The summed E-state index contributed by atoms with van der Waals surface area (Å²) in [7, 11) is 0. The normalized spacial score (nSPS) is 16.3. The van der Waals surface area contributed by atoms with Crippen LogP contribution in [0.5, 0.6) is 11.5 Å². The molecular weight excluding hydrogens is 396 g/mol. The molecule has 11 heteroatoms. The molecule has 0 bridgehead atoms. The summed E-state index contributed by atoms with van der Waals surface area (Å²) in [5.74, 6) is -1.10. The number of hydrogen-bond donors (Lipinski definition) is 3. The molecule has 1 atom stereocenters. The molecule has 4 rings (SSSR count). The van der Waals surface area contributed by atoms with Gasteiger partial charge in [0.25, 0.3) is 5.95 Å². The van der Waals surface area contributed by atoms with Gasteiger partial charge in [0.1, 0.15) is 11.5 Å². The van der Waals surface area contributed by atoms with Gasteiger partial charge >= 0.3 is 6.03 Å². The fourth-order valence-corrected chi connectivity index (χ4v) is 3.28. The van der Waals surface area contributed by atoms with Crippen molar-refractivity contribution in [2.45, 2.75) is 12.5 Å². The Labute approximate surface area is 170 Å². The number of hydrogen-bond acceptors (Lipinski definition) is 6. The number of tetrazole rings is 1. The van der Waals surface area contributed by atoms with Gasteiger partial charge in [-0.25, -0.2) is 13.6 Å². The molecule has 0 radical (unpaired) electrons. The second-order valence-electron chi connectivity index (χ2n) is 6.75. The molecule has 2 heterocycles. The number of piperazine rings is 1. The molecule has 2 aromatic carbocycles. The first-order chi connectivity index (χ1) is 14.6. The molecule has 1 unspecified atom stereocenters. The number of rotatable bonds is 5. The highest BCUT2D eigenvalue weighted by molar-refractivity contribution is 5.87. The minimum atomic E-state index is -0.972. The number of H-pyrrole nitrogens is 1. The number of ether oxygens (including phenoxy) is 1. The highest BCUT2D eigenvalue weighted by atomic mass is 19.2. The van der Waals surface area contributed by atoms with Crippen LogP contribution in [0, 0.1) is 11.6 Å². The Hall–Kier alpha value is -3.60. The van der Waals surface area contributed by atoms with Crippen molar-refractivity contribution in [2.75, 3.05) is 25.0 Å². The Morgan fingerprint density at radius 1 is 1.20 bits per heavy atom. The van der Waals surface area contributed by atoms with Crippen molar-refractivity contribution in [2.24, 2.45) is 0 Å². The summed E-state index contributed by atoms with van der Waals surface area (Å²) < 4.78 is 32.1. The van der Waals surface area contributed by atoms with E-state index in [4.69, 9.17) is 4.74 Å². The Morgan fingerprint density at radius 3 is 2.87 bits per heavy atom. The second kappa shape index (κ2) is 8.82. The third-order valence-electron chi connectivity index (χ3n) is 4.67. The maximum absolute atomic E-state index is 13.4. The molecule has 3 aromatic rings. The van der Waals surface area contributed by atoms with Crippen molar-refractivity contribution in [3.63, 3.8) is 0 Å². The summed E-state index contributed by atoms with van der Waals surface area (Å²) in [6.07, 6.45) is 0.571. The van der Waals surface area contributed by atoms with Crippen LogP contribution in [0.3, 0.4) is 0 Å². The van der Waals surface area contributed by atoms with Crippen LogP contribution >= 0.6 is 0 Å². The number of carbonyl (C=O) groups excluding carboxylic acids is 1. The highest BCUT2D eigenvalue weighted by Gasteiger charge is 2.27. The number of aromatic amines is 1. The molecular formula is C19H19F2N7O2. The van der Waals surface area contributed by atoms with Crippen molar-refractivity contribution >= 4 is 12.0 Å². The molecule has 2 amide bonds. The SMILES string of the molecule is O=C(Nc1nn[nH]n1)N1CCNCC1Cc1cccc(Oc2ccc(F)c(F)c2)c1. The molecule has 1 aromatic heterocycles. The summed E-state index contributed by atoms with van der Waals surface area (Å²) in [6.45, 7) is 1.82. The molecule has 0 spiro atoms. The summed E-state index contributed by atoms with van der Waals surface area (Å²) in [4.78, 5) is 14.3. The number of urea groups is 1. The summed E-state index contributed by atoms with van der Waals surface area (Å²) >= 11 is 0. The first-order valence-corrected chi connectivity index (χ1v) is 9.32. The van der Waals surface area contributed by atoms with E-state index in [1.807, 2.05) is 18.2 Å². The number of nitrogens with zero attached hydrogens (tertiary/aromatic N) is 4. The van der Waals surface area contributed by atoms with Gasteiger partial charge < -0.3 is 15.0 Å². The van der Waals surface area contributed by atoms with Gasteiger partial charge in [0.2, 0.25) is 0 Å². The molecule has 1 aliphatic heterocycles. The van der Waals surface area contributed by atoms with Crippen LogP contribution in [0.15, 0.2) is 42.5 Å². The van der Waals surface area contributed by atoms with Crippen LogP contribution in [-0.2, 0) is 6.42 Å². The molecule has 1 fully saturated rings. The summed E-state index contributed by atoms with van der Waals surface area (Å²) in [5.41, 5.74) is 0.932. The number of carbonyl (C=O) groups is 1. The van der Waals surface area contributed by atoms with Gasteiger partial charge in [-0.1, -0.05) is 17.2 Å². The standard InChI is InChI=1S/C19H19F2N7O2/c20-16-5-4-15(10-17(16)21)30-14-3-1-2-12(9-14)8-13-11-22-6-7-28(13)19(29)23-18-24-26-27-25-18/h1-5,9-10,13,22H,6-8,11H2,(H2,23,24,25,26,27,29). The Morgan fingerprint density at radius 2 is 2.07 bits per heavy atom. The third-order valence-corrected chi connectivity index (χ3v) is 4.67. The van der Waals surface area contributed by atoms with E-state index >= 15 is 0 Å². The van der Waals surface area contributed by atoms with Crippen LogP contribution in [0.25, 0.3) is 0 Å². The largest absolute Gasteiger partial charge is 0.457 e. The molecule has 3 N–H and O–H groups in total. The molecule has 9 nitrogen and oxygen atoms in total. The minimum Gasteiger partial charge on any atom is -0.457 e. The number of benzene rings is 2. The van der Waals surface area contributed by atoms with E-state index in [-0.39, 0.29) is 23.8 Å². The van der Waals surface area contributed by atoms with E-state index in [1.165, 1.54) is 6.07 Å². The minimum absolute atomic E-state index is 0.107.